The molecule has 1 aromatic rings. The second-order valence-electron chi connectivity index (χ2n) is 4.77. The molecule has 1 heterocycles. The number of esters is 1. The predicted molar refractivity (Wildman–Crippen MR) is 72.7 cm³/mol. The largest absolute Gasteiger partial charge is 0.468 e. The molecule has 0 aromatic heterocycles. The average molecular weight is 263 g/mol. The summed E-state index contributed by atoms with van der Waals surface area (Å²) in [6, 6.07) is 9.97. The van der Waals surface area contributed by atoms with Gasteiger partial charge in [-0.25, -0.2) is 0 Å². The molecule has 4 nitrogen and oxygen atoms in total. The summed E-state index contributed by atoms with van der Waals surface area (Å²) >= 11 is 0. The summed E-state index contributed by atoms with van der Waals surface area (Å²) in [6.07, 6.45) is 0.839. The number of carbonyl (C=O) groups is 1. The van der Waals surface area contributed by atoms with E-state index in [-0.39, 0.29) is 18.1 Å². The van der Waals surface area contributed by atoms with Crippen molar-refractivity contribution in [2.45, 2.75) is 32.0 Å². The molecule has 104 valence electrons. The van der Waals surface area contributed by atoms with E-state index in [4.69, 9.17) is 9.47 Å². The fourth-order valence-corrected chi connectivity index (χ4v) is 2.59. The summed E-state index contributed by atoms with van der Waals surface area (Å²) in [5.41, 5.74) is 1.20. The number of likely N-dealkylation sites (tertiary alicyclic amines) is 1. The SMILES string of the molecule is CCO[C@@H]1C[C@@H](C(=O)OC)N(Cc2ccccc2)C1. The Balaban J connectivity index is 2.05. The highest BCUT2D eigenvalue weighted by atomic mass is 16.5. The first-order valence-corrected chi connectivity index (χ1v) is 6.72. The maximum Gasteiger partial charge on any atom is 0.323 e. The van der Waals surface area contributed by atoms with E-state index in [2.05, 4.69) is 17.0 Å². The minimum Gasteiger partial charge on any atom is -0.468 e. The van der Waals surface area contributed by atoms with Crippen LogP contribution in [0.4, 0.5) is 0 Å². The maximum atomic E-state index is 11.8. The van der Waals surface area contributed by atoms with Gasteiger partial charge in [0.05, 0.1) is 13.2 Å². The molecule has 4 heteroatoms. The first-order valence-electron chi connectivity index (χ1n) is 6.72. The van der Waals surface area contributed by atoms with E-state index in [1.54, 1.807) is 0 Å². The van der Waals surface area contributed by atoms with Crippen molar-refractivity contribution >= 4 is 5.97 Å². The molecule has 1 aliphatic heterocycles. The Morgan fingerprint density at radius 3 is 2.74 bits per heavy atom. The highest BCUT2D eigenvalue weighted by molar-refractivity contribution is 5.76. The number of ether oxygens (including phenoxy) is 2. The van der Waals surface area contributed by atoms with Gasteiger partial charge in [-0.05, 0) is 12.5 Å². The molecule has 0 aliphatic carbocycles. The fraction of sp³-hybridized carbons (Fsp3) is 0.533. The highest BCUT2D eigenvalue weighted by Gasteiger charge is 2.37. The topological polar surface area (TPSA) is 38.8 Å². The van der Waals surface area contributed by atoms with Crippen LogP contribution in [-0.4, -0.2) is 43.3 Å². The van der Waals surface area contributed by atoms with Crippen molar-refractivity contribution in [1.29, 1.82) is 0 Å². The smallest absolute Gasteiger partial charge is 0.323 e. The Labute approximate surface area is 114 Å². The maximum absolute atomic E-state index is 11.8. The van der Waals surface area contributed by atoms with Crippen LogP contribution in [-0.2, 0) is 20.8 Å². The van der Waals surface area contributed by atoms with Gasteiger partial charge in [0.15, 0.2) is 0 Å². The van der Waals surface area contributed by atoms with Gasteiger partial charge in [-0.15, -0.1) is 0 Å². The zero-order chi connectivity index (χ0) is 13.7. The van der Waals surface area contributed by atoms with Crippen LogP contribution in [0.3, 0.4) is 0 Å². The molecule has 0 radical (unpaired) electrons. The Morgan fingerprint density at radius 1 is 1.37 bits per heavy atom. The van der Waals surface area contributed by atoms with E-state index in [1.165, 1.54) is 12.7 Å². The van der Waals surface area contributed by atoms with Crippen molar-refractivity contribution in [3.8, 4) is 0 Å². The van der Waals surface area contributed by atoms with Gasteiger partial charge in [-0.1, -0.05) is 30.3 Å². The van der Waals surface area contributed by atoms with Crippen molar-refractivity contribution < 1.29 is 14.3 Å². The summed E-state index contributed by atoms with van der Waals surface area (Å²) in [5.74, 6) is -0.168. The van der Waals surface area contributed by atoms with Crippen molar-refractivity contribution in [3.05, 3.63) is 35.9 Å². The van der Waals surface area contributed by atoms with Gasteiger partial charge in [-0.2, -0.15) is 0 Å². The Bertz CT molecular complexity index is 407. The van der Waals surface area contributed by atoms with E-state index >= 15 is 0 Å². The lowest BCUT2D eigenvalue weighted by Gasteiger charge is -2.21. The van der Waals surface area contributed by atoms with Crippen LogP contribution in [0.2, 0.25) is 0 Å². The molecule has 1 saturated heterocycles. The van der Waals surface area contributed by atoms with E-state index < -0.39 is 0 Å². The average Bonchev–Trinajstić information content (AvgIpc) is 2.82. The lowest BCUT2D eigenvalue weighted by Crippen LogP contribution is -2.36. The van der Waals surface area contributed by atoms with Crippen LogP contribution in [0.1, 0.15) is 18.9 Å². The van der Waals surface area contributed by atoms with Crippen LogP contribution in [0, 0.1) is 0 Å². The quantitative estimate of drug-likeness (QED) is 0.760. The van der Waals surface area contributed by atoms with Crippen LogP contribution < -0.4 is 0 Å². The molecule has 19 heavy (non-hydrogen) atoms. The standard InChI is InChI=1S/C15H21NO3/c1-3-19-13-9-14(15(17)18-2)16(11-13)10-12-7-5-4-6-8-12/h4-8,13-14H,3,9-11H2,1-2H3/t13-,14+/m1/s1. The second kappa shape index (κ2) is 6.68. The molecule has 2 atom stereocenters. The third kappa shape index (κ3) is 3.55. The number of carbonyl (C=O) groups excluding carboxylic acids is 1. The van der Waals surface area contributed by atoms with Gasteiger partial charge in [-0.3, -0.25) is 9.69 Å². The van der Waals surface area contributed by atoms with E-state index in [1.807, 2.05) is 25.1 Å². The van der Waals surface area contributed by atoms with Crippen molar-refractivity contribution in [3.63, 3.8) is 0 Å². The predicted octanol–water partition coefficient (Wildman–Crippen LogP) is 1.84. The molecule has 0 amide bonds. The minimum atomic E-state index is -0.193. The molecule has 0 saturated carbocycles. The first-order chi connectivity index (χ1) is 9.24. The highest BCUT2D eigenvalue weighted by Crippen LogP contribution is 2.23. The second-order valence-corrected chi connectivity index (χ2v) is 4.77. The van der Waals surface area contributed by atoms with Crippen LogP contribution in [0.5, 0.6) is 0 Å². The molecule has 1 aliphatic rings. The number of methoxy groups -OCH3 is 1. The molecule has 0 bridgehead atoms. The number of hydrogen-bond acceptors (Lipinski definition) is 4. The van der Waals surface area contributed by atoms with E-state index in [0.29, 0.717) is 13.0 Å². The van der Waals surface area contributed by atoms with Crippen LogP contribution >= 0.6 is 0 Å². The monoisotopic (exact) mass is 263 g/mol. The lowest BCUT2D eigenvalue weighted by molar-refractivity contribution is -0.146. The zero-order valence-electron chi connectivity index (χ0n) is 11.5. The number of rotatable bonds is 5. The molecule has 2 rings (SSSR count). The van der Waals surface area contributed by atoms with E-state index in [0.717, 1.165) is 13.1 Å². The van der Waals surface area contributed by atoms with Crippen LogP contribution in [0.15, 0.2) is 30.3 Å². The normalized spacial score (nSPS) is 23.5. The lowest BCUT2D eigenvalue weighted by atomic mass is 10.2. The summed E-state index contributed by atoms with van der Waals surface area (Å²) in [4.78, 5) is 14.0. The van der Waals surface area contributed by atoms with Gasteiger partial charge in [0.2, 0.25) is 0 Å². The number of nitrogens with zero attached hydrogens (tertiary/aromatic N) is 1. The van der Waals surface area contributed by atoms with Gasteiger partial charge < -0.3 is 9.47 Å². The Morgan fingerprint density at radius 2 is 2.11 bits per heavy atom. The Kier molecular flexibility index (Phi) is 4.93. The van der Waals surface area contributed by atoms with Gasteiger partial charge in [0.1, 0.15) is 6.04 Å². The first kappa shape index (κ1) is 14.0. The van der Waals surface area contributed by atoms with Crippen molar-refractivity contribution in [2.75, 3.05) is 20.3 Å². The molecule has 1 fully saturated rings. The molecular weight excluding hydrogens is 242 g/mol. The Hall–Kier alpha value is -1.39. The van der Waals surface area contributed by atoms with Crippen LogP contribution in [0.25, 0.3) is 0 Å². The van der Waals surface area contributed by atoms with Gasteiger partial charge in [0.25, 0.3) is 0 Å². The van der Waals surface area contributed by atoms with Gasteiger partial charge in [0, 0.05) is 26.1 Å². The van der Waals surface area contributed by atoms with Crippen molar-refractivity contribution in [1.82, 2.24) is 4.90 Å². The number of hydrogen-bond donors (Lipinski definition) is 0. The van der Waals surface area contributed by atoms with Gasteiger partial charge >= 0.3 is 5.97 Å². The van der Waals surface area contributed by atoms with E-state index in [9.17, 15) is 4.79 Å². The summed E-state index contributed by atoms with van der Waals surface area (Å²) in [6.45, 7) is 4.19. The molecule has 0 N–H and O–H groups in total. The number of benzene rings is 1. The van der Waals surface area contributed by atoms with Crippen molar-refractivity contribution in [2.24, 2.45) is 0 Å². The molecule has 1 aromatic carbocycles. The zero-order valence-corrected chi connectivity index (χ0v) is 11.5. The minimum absolute atomic E-state index is 0.123. The summed E-state index contributed by atoms with van der Waals surface area (Å²) in [5, 5.41) is 0. The summed E-state index contributed by atoms with van der Waals surface area (Å²) < 4.78 is 10.5. The fourth-order valence-electron chi connectivity index (χ4n) is 2.59. The summed E-state index contributed by atoms with van der Waals surface area (Å²) in [7, 11) is 1.44. The third-order valence-corrected chi connectivity index (χ3v) is 3.47. The third-order valence-electron chi connectivity index (χ3n) is 3.47. The molecule has 0 unspecified atom stereocenters. The molecule has 0 spiro atoms. The molecular formula is C15H21NO3.